The van der Waals surface area contributed by atoms with E-state index in [4.69, 9.17) is 4.74 Å². The van der Waals surface area contributed by atoms with Crippen LogP contribution in [0.4, 0.5) is 0 Å². The third kappa shape index (κ3) is 2.87. The molecule has 22 heavy (non-hydrogen) atoms. The number of methoxy groups -OCH3 is 1. The minimum atomic E-state index is -0.615. The summed E-state index contributed by atoms with van der Waals surface area (Å²) in [5.41, 5.74) is 1.30. The van der Waals surface area contributed by atoms with Crippen LogP contribution in [0.3, 0.4) is 0 Å². The van der Waals surface area contributed by atoms with E-state index < -0.39 is 5.97 Å². The average Bonchev–Trinajstić information content (AvgIpc) is 2.49. The maximum absolute atomic E-state index is 12.5. The molecule has 0 fully saturated rings. The van der Waals surface area contributed by atoms with Crippen molar-refractivity contribution < 1.29 is 14.3 Å². The molecule has 0 bridgehead atoms. The third-order valence-electron chi connectivity index (χ3n) is 3.91. The number of pyridine rings is 1. The number of carbonyl (C=O) groups excluding carboxylic acids is 2. The number of aromatic nitrogens is 1. The number of rotatable bonds is 3. The minimum Gasteiger partial charge on any atom is -0.465 e. The van der Waals surface area contributed by atoms with Crippen molar-refractivity contribution >= 4 is 17.3 Å². The Morgan fingerprint density at radius 3 is 2.45 bits per heavy atom. The van der Waals surface area contributed by atoms with Gasteiger partial charge in [0.2, 0.25) is 0 Å². The van der Waals surface area contributed by atoms with Crippen molar-refractivity contribution in [3.8, 4) is 0 Å². The molecule has 0 atom stereocenters. The Morgan fingerprint density at radius 1 is 1.27 bits per heavy atom. The van der Waals surface area contributed by atoms with Crippen LogP contribution in [0, 0.1) is 0 Å². The Labute approximate surface area is 129 Å². The molecule has 1 aromatic rings. The van der Waals surface area contributed by atoms with Crippen molar-refractivity contribution in [3.63, 3.8) is 0 Å². The molecule has 0 saturated heterocycles. The summed E-state index contributed by atoms with van der Waals surface area (Å²) in [4.78, 5) is 38.5. The molecule has 0 aromatic carbocycles. The lowest BCUT2D eigenvalue weighted by atomic mass is 9.97. The number of Topliss-reactive ketones (excluding diaryl/α,β-unsaturated/α-hetero) is 1. The quantitative estimate of drug-likeness (QED) is 0.618. The topological polar surface area (TPSA) is 68.6 Å². The smallest absolute Gasteiger partial charge is 0.340 e. The molecule has 0 radical (unpaired) electrons. The van der Waals surface area contributed by atoms with Crippen molar-refractivity contribution in [2.24, 2.45) is 7.05 Å². The van der Waals surface area contributed by atoms with Gasteiger partial charge < -0.3 is 14.2 Å². The van der Waals surface area contributed by atoms with E-state index >= 15 is 0 Å². The predicted molar refractivity (Wildman–Crippen MR) is 83.1 cm³/mol. The summed E-state index contributed by atoms with van der Waals surface area (Å²) in [5, 5.41) is 0. The molecular formula is C16H20N2O4. The van der Waals surface area contributed by atoms with Crippen LogP contribution in [0.15, 0.2) is 16.9 Å². The van der Waals surface area contributed by atoms with Crippen LogP contribution in [0.1, 0.15) is 39.8 Å². The Kier molecular flexibility index (Phi) is 4.61. The second kappa shape index (κ2) is 6.27. The summed E-state index contributed by atoms with van der Waals surface area (Å²) >= 11 is 0. The molecule has 118 valence electrons. The first-order valence-electron chi connectivity index (χ1n) is 7.08. The second-order valence-electron chi connectivity index (χ2n) is 5.47. The van der Waals surface area contributed by atoms with Gasteiger partial charge in [0.25, 0.3) is 5.56 Å². The molecule has 2 rings (SSSR count). The minimum absolute atomic E-state index is 0.0779. The Bertz CT molecular complexity index is 716. The lowest BCUT2D eigenvalue weighted by Gasteiger charge is -2.22. The maximum Gasteiger partial charge on any atom is 0.340 e. The predicted octanol–water partition coefficient (Wildman–Crippen LogP) is 1.09. The van der Waals surface area contributed by atoms with Gasteiger partial charge in [-0.05, 0) is 25.1 Å². The molecule has 6 heteroatoms. The fourth-order valence-corrected chi connectivity index (χ4v) is 2.67. The number of ketones is 1. The van der Waals surface area contributed by atoms with Gasteiger partial charge in [-0.25, -0.2) is 4.79 Å². The molecule has 6 nitrogen and oxygen atoms in total. The van der Waals surface area contributed by atoms with Gasteiger partial charge in [0.1, 0.15) is 5.69 Å². The van der Waals surface area contributed by atoms with Gasteiger partial charge in [-0.3, -0.25) is 9.59 Å². The lowest BCUT2D eigenvalue weighted by molar-refractivity contribution is 0.0595. The van der Waals surface area contributed by atoms with E-state index in [2.05, 4.69) is 4.90 Å². The number of nitrogens with zero attached hydrogens (tertiary/aromatic N) is 2. The Morgan fingerprint density at radius 2 is 1.95 bits per heavy atom. The summed E-state index contributed by atoms with van der Waals surface area (Å²) in [6.45, 7) is 2.92. The van der Waals surface area contributed by atoms with E-state index in [9.17, 15) is 14.4 Å². The first kappa shape index (κ1) is 16.2. The summed E-state index contributed by atoms with van der Waals surface area (Å²) in [5.74, 6) is -0.959. The molecule has 1 aliphatic heterocycles. The van der Waals surface area contributed by atoms with Gasteiger partial charge >= 0.3 is 5.97 Å². The number of likely N-dealkylation sites (N-methyl/N-ethyl adjacent to an activating group) is 1. The van der Waals surface area contributed by atoms with E-state index in [0.717, 1.165) is 25.1 Å². The van der Waals surface area contributed by atoms with Gasteiger partial charge in [0.15, 0.2) is 5.78 Å². The molecule has 0 unspecified atom stereocenters. The summed E-state index contributed by atoms with van der Waals surface area (Å²) in [6, 6.07) is 1.49. The lowest BCUT2D eigenvalue weighted by Crippen LogP contribution is -2.31. The molecule has 0 spiro atoms. The third-order valence-corrected chi connectivity index (χ3v) is 3.91. The highest BCUT2D eigenvalue weighted by molar-refractivity contribution is 6.04. The normalized spacial score (nSPS) is 15.4. The number of hydrogen-bond donors (Lipinski definition) is 0. The van der Waals surface area contributed by atoms with Gasteiger partial charge in [-0.2, -0.15) is 0 Å². The van der Waals surface area contributed by atoms with Gasteiger partial charge in [-0.15, -0.1) is 0 Å². The van der Waals surface area contributed by atoms with Crippen LogP contribution in [0.2, 0.25) is 0 Å². The standard InChI is InChI=1S/C16H20N2O4/c1-10(19)14-13(16(21)22-4)9-12(15(20)18(14)3)11-5-7-17(2)8-6-11/h5,9H,6-8H2,1-4H3. The highest BCUT2D eigenvalue weighted by Crippen LogP contribution is 2.22. The zero-order valence-corrected chi connectivity index (χ0v) is 13.3. The van der Waals surface area contributed by atoms with Gasteiger partial charge in [-0.1, -0.05) is 6.08 Å². The number of hydrogen-bond acceptors (Lipinski definition) is 5. The van der Waals surface area contributed by atoms with Gasteiger partial charge in [0.05, 0.1) is 12.7 Å². The molecule has 0 saturated carbocycles. The van der Waals surface area contributed by atoms with Crippen LogP contribution >= 0.6 is 0 Å². The van der Waals surface area contributed by atoms with E-state index in [1.54, 1.807) is 0 Å². The summed E-state index contributed by atoms with van der Waals surface area (Å²) in [7, 11) is 4.76. The van der Waals surface area contributed by atoms with Crippen molar-refractivity contribution in [3.05, 3.63) is 39.3 Å². The maximum atomic E-state index is 12.5. The number of esters is 1. The van der Waals surface area contributed by atoms with E-state index in [-0.39, 0.29) is 22.6 Å². The van der Waals surface area contributed by atoms with E-state index in [1.165, 1.54) is 31.7 Å². The van der Waals surface area contributed by atoms with E-state index in [1.807, 2.05) is 13.1 Å². The molecule has 1 aromatic heterocycles. The van der Waals surface area contributed by atoms with Crippen LogP contribution in [-0.4, -0.2) is 48.5 Å². The second-order valence-corrected chi connectivity index (χ2v) is 5.47. The highest BCUT2D eigenvalue weighted by atomic mass is 16.5. The summed E-state index contributed by atoms with van der Waals surface area (Å²) in [6.07, 6.45) is 2.71. The summed E-state index contributed by atoms with van der Waals surface area (Å²) < 4.78 is 5.99. The SMILES string of the molecule is COC(=O)c1cc(C2=CCN(C)CC2)c(=O)n(C)c1C(C)=O. The monoisotopic (exact) mass is 304 g/mol. The molecule has 0 aliphatic carbocycles. The highest BCUT2D eigenvalue weighted by Gasteiger charge is 2.23. The van der Waals surface area contributed by atoms with Crippen LogP contribution in [0.25, 0.3) is 5.57 Å². The zero-order chi connectivity index (χ0) is 16.4. The largest absolute Gasteiger partial charge is 0.465 e. The zero-order valence-electron chi connectivity index (χ0n) is 13.3. The van der Waals surface area contributed by atoms with Crippen molar-refractivity contribution in [2.45, 2.75) is 13.3 Å². The molecule has 1 aliphatic rings. The molecule has 0 N–H and O–H groups in total. The van der Waals surface area contributed by atoms with Crippen LogP contribution < -0.4 is 5.56 Å². The Hall–Kier alpha value is -2.21. The number of ether oxygens (including phenoxy) is 1. The molecular weight excluding hydrogens is 284 g/mol. The first-order chi connectivity index (χ1) is 10.4. The van der Waals surface area contributed by atoms with Crippen LogP contribution in [-0.2, 0) is 11.8 Å². The van der Waals surface area contributed by atoms with Gasteiger partial charge in [0, 0.05) is 32.6 Å². The molecule has 0 amide bonds. The molecule has 2 heterocycles. The van der Waals surface area contributed by atoms with E-state index in [0.29, 0.717) is 5.56 Å². The fraction of sp³-hybridized carbons (Fsp3) is 0.438. The Balaban J connectivity index is 2.67. The van der Waals surface area contributed by atoms with Crippen molar-refractivity contribution in [2.75, 3.05) is 27.2 Å². The average molecular weight is 304 g/mol. The fourth-order valence-electron chi connectivity index (χ4n) is 2.67. The van der Waals surface area contributed by atoms with Crippen LogP contribution in [0.5, 0.6) is 0 Å². The first-order valence-corrected chi connectivity index (χ1v) is 7.08. The number of carbonyl (C=O) groups is 2. The van der Waals surface area contributed by atoms with Crippen molar-refractivity contribution in [1.29, 1.82) is 0 Å². The van der Waals surface area contributed by atoms with Crippen molar-refractivity contribution in [1.82, 2.24) is 9.47 Å².